The topological polar surface area (TPSA) is 139 Å². The number of aromatic nitrogens is 2. The maximum atomic E-state index is 16.1. The summed E-state index contributed by atoms with van der Waals surface area (Å²) >= 11 is 0. The predicted molar refractivity (Wildman–Crippen MR) is 122 cm³/mol. The molecule has 1 aliphatic heterocycles. The first kappa shape index (κ1) is 24.4. The normalized spacial score (nSPS) is 26.9. The standard InChI is InChI=1S/C25H23FN2O7/c1-14-13-28(23(33)27-21(14)32)22-18(26)25(34,19(30)16-11-7-4-8-12-16)24(2,35-22)20(31)17(29)15-9-5-3-6-10-15/h3-13,18,20,22,31,34H,1-2H3,(H,27,32,33)/t18-,20?,22+,24+,25+/m0/s1. The van der Waals surface area contributed by atoms with Crippen LogP contribution in [0, 0.1) is 6.92 Å². The number of nitrogens with zero attached hydrogens (tertiary/aromatic N) is 1. The fourth-order valence-corrected chi connectivity index (χ4v) is 4.30. The molecule has 4 rings (SSSR count). The second kappa shape index (κ2) is 8.81. The summed E-state index contributed by atoms with van der Waals surface area (Å²) in [4.78, 5) is 52.9. The Morgan fingerprint density at radius 1 is 1.06 bits per heavy atom. The summed E-state index contributed by atoms with van der Waals surface area (Å²) in [5.74, 6) is -2.07. The van der Waals surface area contributed by atoms with Crippen molar-refractivity contribution in [1.82, 2.24) is 9.55 Å². The van der Waals surface area contributed by atoms with Crippen molar-refractivity contribution in [2.45, 2.75) is 43.6 Å². The summed E-state index contributed by atoms with van der Waals surface area (Å²) in [5, 5.41) is 22.8. The van der Waals surface area contributed by atoms with E-state index in [4.69, 9.17) is 4.74 Å². The molecule has 1 saturated heterocycles. The monoisotopic (exact) mass is 482 g/mol. The third kappa shape index (κ3) is 3.75. The van der Waals surface area contributed by atoms with Gasteiger partial charge in [-0.2, -0.15) is 0 Å². The minimum Gasteiger partial charge on any atom is -0.382 e. The molecule has 0 amide bonds. The van der Waals surface area contributed by atoms with Gasteiger partial charge in [0.1, 0.15) is 11.7 Å². The second-order valence-electron chi connectivity index (χ2n) is 8.59. The van der Waals surface area contributed by atoms with Crippen LogP contribution in [0.1, 0.15) is 39.4 Å². The molecule has 9 nitrogen and oxygen atoms in total. The van der Waals surface area contributed by atoms with Crippen LogP contribution >= 0.6 is 0 Å². The highest BCUT2D eigenvalue weighted by molar-refractivity contribution is 6.06. The van der Waals surface area contributed by atoms with Crippen molar-refractivity contribution in [3.05, 3.63) is 104 Å². The van der Waals surface area contributed by atoms with E-state index < -0.39 is 52.5 Å². The van der Waals surface area contributed by atoms with Crippen LogP contribution in [0.5, 0.6) is 0 Å². The van der Waals surface area contributed by atoms with Crippen LogP contribution in [0.3, 0.4) is 0 Å². The minimum absolute atomic E-state index is 0.0350. The number of hydrogen-bond donors (Lipinski definition) is 3. The van der Waals surface area contributed by atoms with E-state index in [2.05, 4.69) is 0 Å². The van der Waals surface area contributed by atoms with Crippen molar-refractivity contribution in [3.8, 4) is 0 Å². The van der Waals surface area contributed by atoms with Gasteiger partial charge in [-0.15, -0.1) is 0 Å². The Kier molecular flexibility index (Phi) is 6.14. The molecule has 5 atom stereocenters. The number of aromatic amines is 1. The van der Waals surface area contributed by atoms with E-state index in [1.54, 1.807) is 24.3 Å². The van der Waals surface area contributed by atoms with E-state index >= 15 is 4.39 Å². The molecule has 182 valence electrons. The van der Waals surface area contributed by atoms with Crippen molar-refractivity contribution in [3.63, 3.8) is 0 Å². The van der Waals surface area contributed by atoms with Gasteiger partial charge in [-0.25, -0.2) is 9.18 Å². The molecule has 1 aliphatic rings. The summed E-state index contributed by atoms with van der Waals surface area (Å²) in [6.07, 6.45) is -5.74. The largest absolute Gasteiger partial charge is 0.382 e. The lowest BCUT2D eigenvalue weighted by Gasteiger charge is -2.39. The van der Waals surface area contributed by atoms with Crippen molar-refractivity contribution in [1.29, 1.82) is 0 Å². The van der Waals surface area contributed by atoms with Gasteiger partial charge in [-0.1, -0.05) is 60.7 Å². The van der Waals surface area contributed by atoms with E-state index in [1.165, 1.54) is 43.3 Å². The molecule has 0 spiro atoms. The second-order valence-corrected chi connectivity index (χ2v) is 8.59. The fourth-order valence-electron chi connectivity index (χ4n) is 4.30. The van der Waals surface area contributed by atoms with Crippen LogP contribution in [0.15, 0.2) is 76.4 Å². The SMILES string of the molecule is Cc1cn([C@@H]2O[C@](C)(C(O)C(=O)c3ccccc3)[C@](O)(C(=O)c3ccccc3)[C@H]2F)c(=O)[nH]c1=O. The molecule has 1 aromatic heterocycles. The summed E-state index contributed by atoms with van der Waals surface area (Å²) in [6, 6.07) is 14.8. The Balaban J connectivity index is 1.89. The quantitative estimate of drug-likeness (QED) is 0.451. The van der Waals surface area contributed by atoms with Crippen LogP contribution < -0.4 is 11.2 Å². The molecule has 2 heterocycles. The van der Waals surface area contributed by atoms with Gasteiger partial charge in [0, 0.05) is 22.9 Å². The van der Waals surface area contributed by atoms with Gasteiger partial charge in [-0.05, 0) is 13.8 Å². The lowest BCUT2D eigenvalue weighted by Crippen LogP contribution is -2.65. The highest BCUT2D eigenvalue weighted by Gasteiger charge is 2.72. The van der Waals surface area contributed by atoms with Gasteiger partial charge in [0.2, 0.25) is 5.78 Å². The molecule has 0 aliphatic carbocycles. The van der Waals surface area contributed by atoms with Crippen LogP contribution in [0.25, 0.3) is 0 Å². The average molecular weight is 482 g/mol. The van der Waals surface area contributed by atoms with Gasteiger partial charge in [0.15, 0.2) is 23.8 Å². The Morgan fingerprint density at radius 2 is 1.60 bits per heavy atom. The van der Waals surface area contributed by atoms with Crippen molar-refractivity contribution in [2.24, 2.45) is 0 Å². The van der Waals surface area contributed by atoms with Crippen molar-refractivity contribution < 1.29 is 28.9 Å². The number of carbonyl (C=O) groups is 2. The third-order valence-electron chi connectivity index (χ3n) is 6.40. The zero-order chi connectivity index (χ0) is 25.5. The zero-order valence-corrected chi connectivity index (χ0v) is 18.8. The molecule has 2 aromatic carbocycles. The maximum absolute atomic E-state index is 16.1. The number of nitrogens with one attached hydrogen (secondary N) is 1. The smallest absolute Gasteiger partial charge is 0.330 e. The van der Waals surface area contributed by atoms with E-state index in [-0.39, 0.29) is 16.7 Å². The maximum Gasteiger partial charge on any atom is 0.330 e. The molecule has 3 aromatic rings. The summed E-state index contributed by atoms with van der Waals surface area (Å²) in [7, 11) is 0. The van der Waals surface area contributed by atoms with Gasteiger partial charge >= 0.3 is 5.69 Å². The van der Waals surface area contributed by atoms with Gasteiger partial charge in [0.05, 0.1) is 0 Å². The molecular weight excluding hydrogens is 459 g/mol. The van der Waals surface area contributed by atoms with E-state index in [9.17, 15) is 29.4 Å². The van der Waals surface area contributed by atoms with Crippen LogP contribution in [-0.2, 0) is 4.74 Å². The average Bonchev–Trinajstić information content (AvgIpc) is 3.08. The number of aliphatic hydroxyl groups excluding tert-OH is 1. The first-order valence-corrected chi connectivity index (χ1v) is 10.8. The summed E-state index contributed by atoms with van der Waals surface area (Å²) in [6.45, 7) is 2.40. The molecule has 35 heavy (non-hydrogen) atoms. The number of rotatable bonds is 6. The number of ketones is 2. The van der Waals surface area contributed by atoms with Crippen molar-refractivity contribution >= 4 is 11.6 Å². The molecule has 1 unspecified atom stereocenters. The number of H-pyrrole nitrogens is 1. The number of halogens is 1. The third-order valence-corrected chi connectivity index (χ3v) is 6.40. The zero-order valence-electron chi connectivity index (χ0n) is 18.8. The lowest BCUT2D eigenvalue weighted by molar-refractivity contribution is -0.160. The van der Waals surface area contributed by atoms with Gasteiger partial charge < -0.3 is 14.9 Å². The van der Waals surface area contributed by atoms with E-state index in [0.29, 0.717) is 4.57 Å². The number of hydrogen-bond acceptors (Lipinski definition) is 7. The number of aliphatic hydroxyl groups is 2. The predicted octanol–water partition coefficient (Wildman–Crippen LogP) is 1.33. The highest BCUT2D eigenvalue weighted by Crippen LogP contribution is 2.49. The molecule has 0 radical (unpaired) electrons. The number of Topliss-reactive ketones (excluding diaryl/α,β-unsaturated/α-hetero) is 2. The lowest BCUT2D eigenvalue weighted by atomic mass is 9.72. The first-order chi connectivity index (χ1) is 16.5. The van der Waals surface area contributed by atoms with Crippen LogP contribution in [-0.4, -0.2) is 54.8 Å². The van der Waals surface area contributed by atoms with E-state index in [0.717, 1.165) is 13.1 Å². The molecule has 10 heteroatoms. The summed E-state index contributed by atoms with van der Waals surface area (Å²) < 4.78 is 22.5. The van der Waals surface area contributed by atoms with Crippen molar-refractivity contribution in [2.75, 3.05) is 0 Å². The van der Waals surface area contributed by atoms with Crippen LogP contribution in [0.4, 0.5) is 4.39 Å². The Labute approximate surface area is 198 Å². The molecule has 3 N–H and O–H groups in total. The summed E-state index contributed by atoms with van der Waals surface area (Å²) in [5.41, 5.74) is -7.42. The van der Waals surface area contributed by atoms with Crippen LogP contribution in [0.2, 0.25) is 0 Å². The number of carbonyl (C=O) groups excluding carboxylic acids is 2. The molecule has 0 saturated carbocycles. The minimum atomic E-state index is -3.09. The number of aryl methyl sites for hydroxylation is 1. The molecule has 0 bridgehead atoms. The molecular formula is C25H23FN2O7. The van der Waals surface area contributed by atoms with Gasteiger partial charge in [-0.3, -0.25) is 23.9 Å². The van der Waals surface area contributed by atoms with E-state index in [1.807, 2.05) is 4.98 Å². The molecule has 1 fully saturated rings. The first-order valence-electron chi connectivity index (χ1n) is 10.8. The Hall–Kier alpha value is -3.73. The Morgan fingerprint density at radius 3 is 2.17 bits per heavy atom. The number of alkyl halides is 1. The fraction of sp³-hybridized carbons (Fsp3) is 0.280. The number of ether oxygens (including phenoxy) is 1. The highest BCUT2D eigenvalue weighted by atomic mass is 19.1. The number of benzene rings is 2. The van der Waals surface area contributed by atoms with Gasteiger partial charge in [0.25, 0.3) is 5.56 Å². The Bertz CT molecular complexity index is 1390.